The topological polar surface area (TPSA) is 28.7 Å². The predicted octanol–water partition coefficient (Wildman–Crippen LogP) is 7.08. The standard InChI is InChI=1S/C30H20N2/c1-2-9-20(10-3-1)30(21-11-8-18-31-19-21)24-14-6-4-12-22(24)28-25(30)16-17-27-29(28)23-13-5-7-15-26(23)32-27/h1-19,32H. The van der Waals surface area contributed by atoms with Gasteiger partial charge in [-0.15, -0.1) is 0 Å². The van der Waals surface area contributed by atoms with Gasteiger partial charge in [0.1, 0.15) is 0 Å². The van der Waals surface area contributed by atoms with Gasteiger partial charge in [0, 0.05) is 34.2 Å². The van der Waals surface area contributed by atoms with Crippen molar-refractivity contribution in [3.63, 3.8) is 0 Å². The SMILES string of the molecule is c1ccc(C2(c3cccnc3)c3ccccc3-c3c2ccc2[nH]c4ccccc4c32)cc1. The van der Waals surface area contributed by atoms with Gasteiger partial charge in [-0.2, -0.15) is 0 Å². The lowest BCUT2D eigenvalue weighted by atomic mass is 9.68. The van der Waals surface area contributed by atoms with Crippen molar-refractivity contribution in [3.8, 4) is 11.1 Å². The smallest absolute Gasteiger partial charge is 0.0728 e. The Bertz CT molecular complexity index is 1570. The van der Waals surface area contributed by atoms with Crippen molar-refractivity contribution in [3.05, 3.63) is 138 Å². The third-order valence-corrected chi connectivity index (χ3v) is 6.98. The molecule has 4 aromatic carbocycles. The first-order chi connectivity index (χ1) is 15.9. The number of para-hydroxylation sites is 1. The Morgan fingerprint density at radius 1 is 0.594 bits per heavy atom. The van der Waals surface area contributed by atoms with E-state index in [1.54, 1.807) is 0 Å². The van der Waals surface area contributed by atoms with Crippen LogP contribution in [0.2, 0.25) is 0 Å². The highest BCUT2D eigenvalue weighted by Gasteiger charge is 2.46. The molecular weight excluding hydrogens is 388 g/mol. The second-order valence-corrected chi connectivity index (χ2v) is 8.48. The summed E-state index contributed by atoms with van der Waals surface area (Å²) in [6.45, 7) is 0. The lowest BCUT2D eigenvalue weighted by Crippen LogP contribution is -2.28. The van der Waals surface area contributed by atoms with Gasteiger partial charge >= 0.3 is 0 Å². The zero-order valence-corrected chi connectivity index (χ0v) is 17.4. The average Bonchev–Trinajstić information content (AvgIpc) is 3.39. The van der Waals surface area contributed by atoms with Gasteiger partial charge in [-0.05, 0) is 51.6 Å². The molecule has 32 heavy (non-hydrogen) atoms. The Balaban J connectivity index is 1.73. The first kappa shape index (κ1) is 17.5. The van der Waals surface area contributed by atoms with E-state index in [4.69, 9.17) is 0 Å². The van der Waals surface area contributed by atoms with E-state index in [0.29, 0.717) is 0 Å². The summed E-state index contributed by atoms with van der Waals surface area (Å²) >= 11 is 0. The van der Waals surface area contributed by atoms with E-state index < -0.39 is 5.41 Å². The van der Waals surface area contributed by atoms with Crippen LogP contribution in [0, 0.1) is 0 Å². The van der Waals surface area contributed by atoms with Crippen molar-refractivity contribution in [2.75, 3.05) is 0 Å². The molecule has 0 fully saturated rings. The van der Waals surface area contributed by atoms with Crippen molar-refractivity contribution in [1.82, 2.24) is 9.97 Å². The first-order valence-electron chi connectivity index (χ1n) is 11.0. The van der Waals surface area contributed by atoms with Crippen molar-refractivity contribution in [2.24, 2.45) is 0 Å². The molecular formula is C30H20N2. The summed E-state index contributed by atoms with van der Waals surface area (Å²) < 4.78 is 0. The minimum Gasteiger partial charge on any atom is -0.354 e. The van der Waals surface area contributed by atoms with Crippen LogP contribution in [-0.2, 0) is 5.41 Å². The minimum absolute atomic E-state index is 0.409. The van der Waals surface area contributed by atoms with Crippen molar-refractivity contribution < 1.29 is 0 Å². The fourth-order valence-electron chi connectivity index (χ4n) is 5.77. The summed E-state index contributed by atoms with van der Waals surface area (Å²) in [5.74, 6) is 0. The lowest BCUT2D eigenvalue weighted by Gasteiger charge is -2.33. The Morgan fingerprint density at radius 3 is 2.25 bits per heavy atom. The van der Waals surface area contributed by atoms with Crippen LogP contribution in [0.4, 0.5) is 0 Å². The number of hydrogen-bond donors (Lipinski definition) is 1. The van der Waals surface area contributed by atoms with Gasteiger partial charge in [0.05, 0.1) is 5.41 Å². The maximum absolute atomic E-state index is 4.54. The van der Waals surface area contributed by atoms with Crippen molar-refractivity contribution in [2.45, 2.75) is 5.41 Å². The van der Waals surface area contributed by atoms with E-state index in [1.165, 1.54) is 55.2 Å². The number of fused-ring (bicyclic) bond motifs is 7. The van der Waals surface area contributed by atoms with Crippen LogP contribution in [0.3, 0.4) is 0 Å². The van der Waals surface area contributed by atoms with E-state index in [0.717, 1.165) is 0 Å². The van der Waals surface area contributed by atoms with Gasteiger partial charge in [0.15, 0.2) is 0 Å². The highest BCUT2D eigenvalue weighted by molar-refractivity contribution is 6.17. The molecule has 0 saturated heterocycles. The number of aromatic nitrogens is 2. The minimum atomic E-state index is -0.409. The molecule has 0 aliphatic heterocycles. The second kappa shape index (κ2) is 6.41. The number of nitrogens with one attached hydrogen (secondary N) is 1. The highest BCUT2D eigenvalue weighted by atomic mass is 14.7. The summed E-state index contributed by atoms with van der Waals surface area (Å²) in [5.41, 5.74) is 9.64. The van der Waals surface area contributed by atoms with Crippen molar-refractivity contribution >= 4 is 21.8 Å². The summed E-state index contributed by atoms with van der Waals surface area (Å²) in [7, 11) is 0. The number of benzene rings is 4. The molecule has 7 rings (SSSR count). The molecule has 150 valence electrons. The number of aromatic amines is 1. The molecule has 2 heteroatoms. The molecule has 2 aromatic heterocycles. The molecule has 6 aromatic rings. The zero-order chi connectivity index (χ0) is 21.1. The molecule has 0 amide bonds. The van der Waals surface area contributed by atoms with E-state index in [1.807, 2.05) is 18.5 Å². The molecule has 1 N–H and O–H groups in total. The maximum atomic E-state index is 4.54. The quantitative estimate of drug-likeness (QED) is 0.325. The molecule has 0 radical (unpaired) electrons. The molecule has 1 unspecified atom stereocenters. The summed E-state index contributed by atoms with van der Waals surface area (Å²) in [6, 6.07) is 37.2. The van der Waals surface area contributed by atoms with Crippen LogP contribution in [0.5, 0.6) is 0 Å². The Morgan fingerprint density at radius 2 is 1.38 bits per heavy atom. The first-order valence-corrected chi connectivity index (χ1v) is 11.0. The molecule has 0 spiro atoms. The van der Waals surface area contributed by atoms with Gasteiger partial charge < -0.3 is 4.98 Å². The Labute approximate surface area is 186 Å². The summed E-state index contributed by atoms with van der Waals surface area (Å²) in [4.78, 5) is 8.17. The Kier molecular flexibility index (Phi) is 3.51. The average molecular weight is 409 g/mol. The number of rotatable bonds is 2. The van der Waals surface area contributed by atoms with Gasteiger partial charge in [-0.1, -0.05) is 84.9 Å². The van der Waals surface area contributed by atoms with Gasteiger partial charge in [0.2, 0.25) is 0 Å². The fraction of sp³-hybridized carbons (Fsp3) is 0.0333. The van der Waals surface area contributed by atoms with E-state index in [2.05, 4.69) is 107 Å². The van der Waals surface area contributed by atoms with Crippen LogP contribution >= 0.6 is 0 Å². The van der Waals surface area contributed by atoms with Gasteiger partial charge in [-0.3, -0.25) is 4.98 Å². The zero-order valence-electron chi connectivity index (χ0n) is 17.4. The van der Waals surface area contributed by atoms with Gasteiger partial charge in [-0.25, -0.2) is 0 Å². The second-order valence-electron chi connectivity index (χ2n) is 8.48. The molecule has 0 bridgehead atoms. The molecule has 2 nitrogen and oxygen atoms in total. The summed E-state index contributed by atoms with van der Waals surface area (Å²) in [5, 5.41) is 2.57. The normalized spacial score (nSPS) is 16.9. The monoisotopic (exact) mass is 408 g/mol. The summed E-state index contributed by atoms with van der Waals surface area (Å²) in [6.07, 6.45) is 3.88. The van der Waals surface area contributed by atoms with Gasteiger partial charge in [0.25, 0.3) is 0 Å². The third-order valence-electron chi connectivity index (χ3n) is 6.98. The van der Waals surface area contributed by atoms with Crippen LogP contribution < -0.4 is 0 Å². The number of hydrogen-bond acceptors (Lipinski definition) is 1. The van der Waals surface area contributed by atoms with E-state index >= 15 is 0 Å². The number of H-pyrrole nitrogens is 1. The predicted molar refractivity (Wildman–Crippen MR) is 131 cm³/mol. The fourth-order valence-corrected chi connectivity index (χ4v) is 5.77. The highest BCUT2D eigenvalue weighted by Crippen LogP contribution is 2.58. The largest absolute Gasteiger partial charge is 0.354 e. The lowest BCUT2D eigenvalue weighted by molar-refractivity contribution is 0.763. The number of pyridine rings is 1. The third kappa shape index (κ3) is 2.11. The maximum Gasteiger partial charge on any atom is 0.0728 e. The molecule has 0 saturated carbocycles. The van der Waals surface area contributed by atoms with E-state index in [-0.39, 0.29) is 0 Å². The van der Waals surface area contributed by atoms with Crippen LogP contribution in [0.25, 0.3) is 32.9 Å². The molecule has 1 aliphatic rings. The van der Waals surface area contributed by atoms with Crippen LogP contribution in [0.15, 0.2) is 116 Å². The van der Waals surface area contributed by atoms with E-state index in [9.17, 15) is 0 Å². The molecule has 2 heterocycles. The Hall–Kier alpha value is -4.17. The number of nitrogens with zero attached hydrogens (tertiary/aromatic N) is 1. The van der Waals surface area contributed by atoms with Crippen LogP contribution in [-0.4, -0.2) is 9.97 Å². The molecule has 1 atom stereocenters. The van der Waals surface area contributed by atoms with Crippen molar-refractivity contribution in [1.29, 1.82) is 0 Å². The molecule has 1 aliphatic carbocycles. The van der Waals surface area contributed by atoms with Crippen LogP contribution in [0.1, 0.15) is 22.3 Å².